The van der Waals surface area contributed by atoms with Gasteiger partial charge in [0, 0.05) is 10.9 Å². The van der Waals surface area contributed by atoms with E-state index in [9.17, 15) is 9.59 Å². The van der Waals surface area contributed by atoms with Gasteiger partial charge in [-0.25, -0.2) is 4.79 Å². The van der Waals surface area contributed by atoms with E-state index in [1.54, 1.807) is 6.92 Å². The summed E-state index contributed by atoms with van der Waals surface area (Å²) in [7, 11) is 0. The minimum absolute atomic E-state index is 0.286. The van der Waals surface area contributed by atoms with Crippen molar-refractivity contribution in [3.8, 4) is 0 Å². The van der Waals surface area contributed by atoms with Gasteiger partial charge in [0.05, 0.1) is 11.4 Å². The lowest BCUT2D eigenvalue weighted by atomic mass is 9.93. The van der Waals surface area contributed by atoms with Crippen molar-refractivity contribution in [2.45, 2.75) is 52.0 Å². The Morgan fingerprint density at radius 2 is 2.08 bits per heavy atom. The number of aryl methyl sites for hydroxylation is 2. The summed E-state index contributed by atoms with van der Waals surface area (Å²) in [5.74, 6) is -0.286. The summed E-state index contributed by atoms with van der Waals surface area (Å²) in [5, 5.41) is 9.42. The van der Waals surface area contributed by atoms with Crippen LogP contribution in [0.3, 0.4) is 0 Å². The predicted molar refractivity (Wildman–Crippen MR) is 96.6 cm³/mol. The van der Waals surface area contributed by atoms with Gasteiger partial charge in [-0.2, -0.15) is 5.10 Å². The number of rotatable bonds is 2. The third-order valence-corrected chi connectivity index (χ3v) is 5.36. The molecule has 0 bridgehead atoms. The van der Waals surface area contributed by atoms with Gasteiger partial charge in [0.2, 0.25) is 0 Å². The molecule has 0 radical (unpaired) electrons. The van der Waals surface area contributed by atoms with E-state index >= 15 is 0 Å². The quantitative estimate of drug-likeness (QED) is 0.825. The number of hydrogen-bond acceptors (Lipinski definition) is 3. The highest BCUT2D eigenvalue weighted by atomic mass is 16.2. The number of urea groups is 1. The summed E-state index contributed by atoms with van der Waals surface area (Å²) in [4.78, 5) is 28.3. The molecule has 4 rings (SSSR count). The number of nitrogens with one attached hydrogen (secondary N) is 2. The molecule has 1 aromatic carbocycles. The normalized spacial score (nSPS) is 24.9. The van der Waals surface area contributed by atoms with Gasteiger partial charge < -0.3 is 10.3 Å². The highest BCUT2D eigenvalue weighted by Gasteiger charge is 2.47. The van der Waals surface area contributed by atoms with Gasteiger partial charge in [0.15, 0.2) is 0 Å². The molecule has 130 valence electrons. The van der Waals surface area contributed by atoms with E-state index in [1.807, 2.05) is 6.92 Å². The summed E-state index contributed by atoms with van der Waals surface area (Å²) in [5.41, 5.74) is 4.38. The summed E-state index contributed by atoms with van der Waals surface area (Å²) in [6.07, 6.45) is 3.22. The molecule has 2 heterocycles. The predicted octanol–water partition coefficient (Wildman–Crippen LogP) is 3.24. The topological polar surface area (TPSA) is 77.6 Å². The zero-order chi connectivity index (χ0) is 17.8. The first-order valence-electron chi connectivity index (χ1n) is 8.78. The number of carbonyl (C=O) groups excluding carboxylic acids is 2. The van der Waals surface area contributed by atoms with Gasteiger partial charge in [-0.15, -0.1) is 5.01 Å². The third kappa shape index (κ3) is 2.35. The first kappa shape index (κ1) is 15.9. The van der Waals surface area contributed by atoms with Crippen LogP contribution in [0.25, 0.3) is 10.9 Å². The summed E-state index contributed by atoms with van der Waals surface area (Å²) in [6.45, 7) is 5.70. The number of aromatic nitrogens is 1. The smallest absolute Gasteiger partial charge is 0.346 e. The molecule has 1 aromatic heterocycles. The van der Waals surface area contributed by atoms with Crippen molar-refractivity contribution < 1.29 is 9.59 Å². The van der Waals surface area contributed by atoms with Crippen LogP contribution >= 0.6 is 0 Å². The molecule has 3 amide bonds. The van der Waals surface area contributed by atoms with Crippen LogP contribution in [-0.2, 0) is 11.2 Å². The summed E-state index contributed by atoms with van der Waals surface area (Å²) >= 11 is 0. The minimum Gasteiger partial charge on any atom is -0.353 e. The summed E-state index contributed by atoms with van der Waals surface area (Å²) in [6, 6.07) is 5.88. The molecule has 0 saturated carbocycles. The molecule has 1 fully saturated rings. The maximum absolute atomic E-state index is 12.6. The molecule has 1 unspecified atom stereocenters. The zero-order valence-corrected chi connectivity index (χ0v) is 14.8. The Hall–Kier alpha value is -2.63. The fourth-order valence-corrected chi connectivity index (χ4v) is 3.64. The van der Waals surface area contributed by atoms with E-state index in [-0.39, 0.29) is 5.91 Å². The molecule has 1 atom stereocenters. The van der Waals surface area contributed by atoms with Crippen LogP contribution in [0.1, 0.15) is 49.9 Å². The second-order valence-corrected chi connectivity index (χ2v) is 7.16. The lowest BCUT2D eigenvalue weighted by Gasteiger charge is -2.19. The van der Waals surface area contributed by atoms with Crippen LogP contribution < -0.4 is 5.32 Å². The lowest BCUT2D eigenvalue weighted by Crippen LogP contribution is -2.42. The molecular weight excluding hydrogens is 316 g/mol. The number of hydrogen-bond donors (Lipinski definition) is 2. The van der Waals surface area contributed by atoms with Crippen LogP contribution in [0.5, 0.6) is 0 Å². The van der Waals surface area contributed by atoms with E-state index in [1.165, 1.54) is 16.5 Å². The molecule has 25 heavy (non-hydrogen) atoms. The average Bonchev–Trinajstić information content (AvgIpc) is 3.06. The highest BCUT2D eigenvalue weighted by Crippen LogP contribution is 2.31. The number of carbonyl (C=O) groups is 2. The van der Waals surface area contributed by atoms with Crippen molar-refractivity contribution in [1.29, 1.82) is 0 Å². The van der Waals surface area contributed by atoms with Crippen LogP contribution in [0, 0.1) is 6.92 Å². The zero-order valence-electron chi connectivity index (χ0n) is 14.8. The van der Waals surface area contributed by atoms with Gasteiger partial charge in [0.25, 0.3) is 5.91 Å². The first-order valence-corrected chi connectivity index (χ1v) is 8.78. The first-order chi connectivity index (χ1) is 11.9. The Morgan fingerprint density at radius 1 is 1.28 bits per heavy atom. The van der Waals surface area contributed by atoms with Crippen LogP contribution in [0.4, 0.5) is 4.79 Å². The van der Waals surface area contributed by atoms with Gasteiger partial charge in [-0.05, 0) is 57.2 Å². The van der Waals surface area contributed by atoms with Gasteiger partial charge in [-0.1, -0.05) is 18.6 Å². The molecule has 1 saturated heterocycles. The molecule has 2 aromatic rings. The Balaban J connectivity index is 1.79. The van der Waals surface area contributed by atoms with Gasteiger partial charge >= 0.3 is 6.03 Å². The number of amides is 3. The number of nitrogens with zero attached hydrogens (tertiary/aromatic N) is 2. The van der Waals surface area contributed by atoms with Gasteiger partial charge in [0.1, 0.15) is 5.54 Å². The van der Waals surface area contributed by atoms with Crippen LogP contribution in [0.2, 0.25) is 0 Å². The van der Waals surface area contributed by atoms with Crippen molar-refractivity contribution in [2.24, 2.45) is 5.10 Å². The molecular formula is C19H22N4O2. The Labute approximate surface area is 146 Å². The Bertz CT molecular complexity index is 927. The molecule has 1 aliphatic carbocycles. The maximum Gasteiger partial charge on any atom is 0.346 e. The summed E-state index contributed by atoms with van der Waals surface area (Å²) < 4.78 is 0. The lowest BCUT2D eigenvalue weighted by molar-refractivity contribution is -0.130. The van der Waals surface area contributed by atoms with Crippen molar-refractivity contribution in [3.05, 3.63) is 35.0 Å². The van der Waals surface area contributed by atoms with Crippen LogP contribution in [0.15, 0.2) is 23.3 Å². The molecule has 6 heteroatoms. The number of imide groups is 1. The molecule has 6 nitrogen and oxygen atoms in total. The van der Waals surface area contributed by atoms with E-state index < -0.39 is 11.6 Å². The third-order valence-electron chi connectivity index (χ3n) is 5.36. The monoisotopic (exact) mass is 338 g/mol. The van der Waals surface area contributed by atoms with Crippen molar-refractivity contribution in [2.75, 3.05) is 0 Å². The molecule has 0 spiro atoms. The van der Waals surface area contributed by atoms with Crippen molar-refractivity contribution >= 4 is 28.6 Å². The molecule has 1 aliphatic heterocycles. The number of hydrazone groups is 1. The van der Waals surface area contributed by atoms with E-state index in [2.05, 4.69) is 40.5 Å². The number of benzene rings is 1. The molecule has 2 N–H and O–H groups in total. The van der Waals surface area contributed by atoms with E-state index in [0.29, 0.717) is 6.42 Å². The second-order valence-electron chi connectivity index (χ2n) is 7.16. The largest absolute Gasteiger partial charge is 0.353 e. The number of aromatic amines is 1. The van der Waals surface area contributed by atoms with Crippen LogP contribution in [-0.4, -0.2) is 33.2 Å². The van der Waals surface area contributed by atoms with Crippen molar-refractivity contribution in [3.63, 3.8) is 0 Å². The Kier molecular flexibility index (Phi) is 3.45. The standard InChI is InChI=1S/C19H22N4O2/c1-4-19(3)17(24)23(18(25)21-19)22-15-7-5-6-12-13-10-11(2)8-9-14(13)20-16(12)15/h8-10,20H,4-7H2,1-3H3,(H,21,25). The van der Waals surface area contributed by atoms with Gasteiger partial charge in [-0.3, -0.25) is 4.79 Å². The SMILES string of the molecule is CCC1(C)NC(=O)N(N=C2CCCc3c2[nH]c2ccc(C)cc32)C1=O. The Morgan fingerprint density at radius 3 is 2.80 bits per heavy atom. The van der Waals surface area contributed by atoms with E-state index in [4.69, 9.17) is 0 Å². The fourth-order valence-electron chi connectivity index (χ4n) is 3.64. The maximum atomic E-state index is 12.6. The van der Waals surface area contributed by atoms with E-state index in [0.717, 1.165) is 41.2 Å². The number of fused-ring (bicyclic) bond motifs is 3. The minimum atomic E-state index is -0.865. The number of H-pyrrole nitrogens is 1. The molecule has 2 aliphatic rings. The average molecular weight is 338 g/mol. The second kappa shape index (κ2) is 5.44. The highest BCUT2D eigenvalue weighted by molar-refractivity contribution is 6.11. The van der Waals surface area contributed by atoms with Crippen molar-refractivity contribution in [1.82, 2.24) is 15.3 Å². The fraction of sp³-hybridized carbons (Fsp3) is 0.421.